The smallest absolute Gasteiger partial charge is 0.481 e. The number of hydrogen-bond acceptors (Lipinski definition) is 5. The van der Waals surface area contributed by atoms with Crippen molar-refractivity contribution in [3.63, 3.8) is 0 Å². The topological polar surface area (TPSA) is 118 Å². The molecule has 1 unspecified atom stereocenters. The molecular weight excluding hydrogens is 362 g/mol. The number of esters is 1. The molecule has 0 rings (SSSR count). The number of allylic oxidation sites excluding steroid dienone is 1. The zero-order chi connectivity index (χ0) is 15.5. The fourth-order valence-electron chi connectivity index (χ4n) is 0.645. The SMILES string of the molecule is CC=CC(=O)OCC(C)C(=O)O.[CH2-]CCS(=O)(=O)O.[Rb+]. The molecule has 0 heterocycles. The van der Waals surface area contributed by atoms with Gasteiger partial charge in [0.05, 0.1) is 5.92 Å². The van der Waals surface area contributed by atoms with Crippen LogP contribution >= 0.6 is 0 Å². The minimum Gasteiger partial charge on any atom is -0.481 e. The van der Waals surface area contributed by atoms with E-state index >= 15 is 0 Å². The predicted molar refractivity (Wildman–Crippen MR) is 69.0 cm³/mol. The second-order valence-corrected chi connectivity index (χ2v) is 5.08. The van der Waals surface area contributed by atoms with Crippen LogP contribution in [0.1, 0.15) is 20.3 Å². The first-order valence-corrected chi connectivity index (χ1v) is 7.01. The molecule has 0 spiro atoms. The molecule has 7 nitrogen and oxygen atoms in total. The summed E-state index contributed by atoms with van der Waals surface area (Å²) in [5.41, 5.74) is 0. The first-order chi connectivity index (χ1) is 8.64. The van der Waals surface area contributed by atoms with Crippen molar-refractivity contribution in [1.29, 1.82) is 0 Å². The van der Waals surface area contributed by atoms with E-state index in [1.807, 2.05) is 0 Å². The number of rotatable bonds is 6. The zero-order valence-electron chi connectivity index (χ0n) is 11.9. The molecule has 0 aliphatic heterocycles. The summed E-state index contributed by atoms with van der Waals surface area (Å²) < 4.78 is 32.0. The molecule has 1 atom stereocenters. The third kappa shape index (κ3) is 20.7. The van der Waals surface area contributed by atoms with Crippen LogP contribution < -0.4 is 58.2 Å². The Balaban J connectivity index is -0.000000312. The number of carboxylic acid groups (broad SMARTS) is 1. The Bertz CT molecular complexity index is 403. The molecule has 0 aromatic carbocycles. The summed E-state index contributed by atoms with van der Waals surface area (Å²) in [5.74, 6) is -2.37. The van der Waals surface area contributed by atoms with Crippen molar-refractivity contribution in [1.82, 2.24) is 0 Å². The van der Waals surface area contributed by atoms with E-state index in [1.54, 1.807) is 6.92 Å². The van der Waals surface area contributed by atoms with Crippen LogP contribution in [0.4, 0.5) is 0 Å². The molecular formula is C11H19O7RbS. The molecule has 0 bridgehead atoms. The average molecular weight is 381 g/mol. The van der Waals surface area contributed by atoms with Gasteiger partial charge in [-0.05, 0) is 13.8 Å². The Morgan fingerprint density at radius 1 is 1.40 bits per heavy atom. The van der Waals surface area contributed by atoms with E-state index in [0.29, 0.717) is 0 Å². The number of ether oxygens (including phenoxy) is 1. The maximum absolute atomic E-state index is 10.7. The van der Waals surface area contributed by atoms with Gasteiger partial charge in [0.15, 0.2) is 0 Å². The number of carbonyl (C=O) groups excluding carboxylic acids is 1. The van der Waals surface area contributed by atoms with Crippen LogP contribution in [0.2, 0.25) is 0 Å². The summed E-state index contributed by atoms with van der Waals surface area (Å²) in [4.78, 5) is 20.9. The van der Waals surface area contributed by atoms with Crippen molar-refractivity contribution in [2.45, 2.75) is 20.3 Å². The van der Waals surface area contributed by atoms with Gasteiger partial charge in [0, 0.05) is 11.8 Å². The Morgan fingerprint density at radius 2 is 1.90 bits per heavy atom. The largest absolute Gasteiger partial charge is 1.00 e. The van der Waals surface area contributed by atoms with Crippen LogP contribution in [0.25, 0.3) is 0 Å². The first kappa shape index (κ1) is 25.4. The van der Waals surface area contributed by atoms with Gasteiger partial charge in [-0.15, -0.1) is 0 Å². The number of hydrogen-bond donors (Lipinski definition) is 2. The van der Waals surface area contributed by atoms with E-state index in [4.69, 9.17) is 9.66 Å². The van der Waals surface area contributed by atoms with Gasteiger partial charge in [-0.25, -0.2) is 4.79 Å². The van der Waals surface area contributed by atoms with E-state index in [9.17, 15) is 18.0 Å². The molecule has 0 aromatic heterocycles. The van der Waals surface area contributed by atoms with Gasteiger partial charge in [-0.3, -0.25) is 9.35 Å². The van der Waals surface area contributed by atoms with Crippen LogP contribution in [0.15, 0.2) is 12.2 Å². The van der Waals surface area contributed by atoms with Crippen LogP contribution in [-0.2, 0) is 24.4 Å². The molecule has 0 saturated carbocycles. The van der Waals surface area contributed by atoms with Crippen LogP contribution in [0, 0.1) is 12.8 Å². The fourth-order valence-corrected chi connectivity index (χ4v) is 1.01. The summed E-state index contributed by atoms with van der Waals surface area (Å²) in [6.45, 7) is 6.31. The van der Waals surface area contributed by atoms with Crippen molar-refractivity contribution in [3.8, 4) is 0 Å². The second-order valence-electron chi connectivity index (χ2n) is 3.51. The maximum Gasteiger partial charge on any atom is 1.00 e. The molecule has 20 heavy (non-hydrogen) atoms. The number of carbonyl (C=O) groups is 2. The third-order valence-electron chi connectivity index (χ3n) is 1.60. The molecule has 2 N–H and O–H groups in total. The maximum atomic E-state index is 10.7. The molecule has 0 saturated heterocycles. The van der Waals surface area contributed by atoms with Gasteiger partial charge < -0.3 is 16.8 Å². The monoisotopic (exact) mass is 380 g/mol. The Kier molecular flexibility index (Phi) is 18.2. The Hall–Kier alpha value is 0.395. The Labute approximate surface area is 168 Å². The van der Waals surface area contributed by atoms with Crippen molar-refractivity contribution >= 4 is 22.1 Å². The van der Waals surface area contributed by atoms with E-state index in [2.05, 4.69) is 11.7 Å². The van der Waals surface area contributed by atoms with Crippen LogP contribution in [0.5, 0.6) is 0 Å². The molecule has 0 aliphatic rings. The third-order valence-corrected chi connectivity index (χ3v) is 2.41. The minimum atomic E-state index is -3.74. The van der Waals surface area contributed by atoms with Crippen molar-refractivity contribution in [2.75, 3.05) is 12.4 Å². The average Bonchev–Trinajstić information content (AvgIpc) is 2.25. The molecule has 9 heteroatoms. The van der Waals surface area contributed by atoms with Gasteiger partial charge >= 0.3 is 70.1 Å². The van der Waals surface area contributed by atoms with E-state index < -0.39 is 28.0 Å². The summed E-state index contributed by atoms with van der Waals surface area (Å²) in [7, 11) is -3.74. The molecule has 0 radical (unpaired) electrons. The number of carboxylic acids is 1. The van der Waals surface area contributed by atoms with E-state index in [1.165, 1.54) is 19.1 Å². The standard InChI is InChI=1S/C8H12O4.C3H7O3S.Rb/c1-3-4-7(9)12-5-6(2)8(10)11;1-2-3-7(4,5)6;/h3-4,6H,5H2,1-2H3,(H,10,11);1-3H2,(H,4,5,6);/q;-1;+1. The fraction of sp³-hybridized carbons (Fsp3) is 0.545. The summed E-state index contributed by atoms with van der Waals surface area (Å²) in [6, 6.07) is 0. The van der Waals surface area contributed by atoms with Gasteiger partial charge in [0.2, 0.25) is 0 Å². The summed E-state index contributed by atoms with van der Waals surface area (Å²) >= 11 is 0. The van der Waals surface area contributed by atoms with Gasteiger partial charge in [-0.1, -0.05) is 6.08 Å². The molecule has 0 aliphatic carbocycles. The van der Waals surface area contributed by atoms with Crippen molar-refractivity contribution in [3.05, 3.63) is 19.1 Å². The predicted octanol–water partition coefficient (Wildman–Crippen LogP) is -2.07. The quantitative estimate of drug-likeness (QED) is 0.235. The Morgan fingerprint density at radius 3 is 2.15 bits per heavy atom. The van der Waals surface area contributed by atoms with Crippen LogP contribution in [0.3, 0.4) is 0 Å². The number of aliphatic carboxylic acids is 1. The van der Waals surface area contributed by atoms with Gasteiger partial charge in [0.25, 0.3) is 10.1 Å². The molecule has 0 amide bonds. The van der Waals surface area contributed by atoms with Gasteiger partial charge in [-0.2, -0.15) is 14.8 Å². The normalized spacial score (nSPS) is 11.8. The van der Waals surface area contributed by atoms with Crippen molar-refractivity contribution in [2.24, 2.45) is 5.92 Å². The molecule has 0 fully saturated rings. The van der Waals surface area contributed by atoms with Gasteiger partial charge in [0.1, 0.15) is 6.61 Å². The first-order valence-electron chi connectivity index (χ1n) is 5.40. The van der Waals surface area contributed by atoms with Crippen LogP contribution in [-0.4, -0.2) is 42.4 Å². The zero-order valence-corrected chi connectivity index (χ0v) is 17.6. The second kappa shape index (κ2) is 14.3. The molecule has 112 valence electrons. The minimum absolute atomic E-state index is 0. The summed E-state index contributed by atoms with van der Waals surface area (Å²) in [6.07, 6.45) is 3.00. The summed E-state index contributed by atoms with van der Waals surface area (Å²) in [5, 5.41) is 8.42. The molecule has 0 aromatic rings. The van der Waals surface area contributed by atoms with Crippen molar-refractivity contribution < 1.29 is 90.6 Å². The van der Waals surface area contributed by atoms with E-state index in [-0.39, 0.29) is 77.0 Å². The van der Waals surface area contributed by atoms with E-state index in [0.717, 1.165) is 0 Å².